The van der Waals surface area contributed by atoms with Crippen molar-refractivity contribution in [3.05, 3.63) is 48.0 Å². The van der Waals surface area contributed by atoms with Gasteiger partial charge in [0.2, 0.25) is 0 Å². The number of hydrogen-bond donors (Lipinski definition) is 1. The molecule has 0 aliphatic heterocycles. The number of nitrogens with zero attached hydrogens (tertiary/aromatic N) is 2. The highest BCUT2D eigenvalue weighted by Gasteiger charge is 2.14. The number of aryl methyl sites for hydroxylation is 1. The molecule has 1 atom stereocenters. The Morgan fingerprint density at radius 1 is 1.37 bits per heavy atom. The van der Waals surface area contributed by atoms with Gasteiger partial charge in [0.25, 0.3) is 0 Å². The highest BCUT2D eigenvalue weighted by Crippen LogP contribution is 2.22. The van der Waals surface area contributed by atoms with Gasteiger partial charge in [-0.2, -0.15) is 0 Å². The smallest absolute Gasteiger partial charge is 0.130 e. The summed E-state index contributed by atoms with van der Waals surface area (Å²) in [5, 5.41) is 0. The van der Waals surface area contributed by atoms with Gasteiger partial charge in [-0.15, -0.1) is 0 Å². The van der Waals surface area contributed by atoms with Crippen molar-refractivity contribution in [2.45, 2.75) is 32.9 Å². The SMILES string of the molecule is CCCn1ccnc1C(N)c1cccc(OCC)c1. The fraction of sp³-hybridized carbons (Fsp3) is 0.400. The second-order valence-corrected chi connectivity index (χ2v) is 4.46. The number of hydrogen-bond acceptors (Lipinski definition) is 3. The van der Waals surface area contributed by atoms with E-state index in [1.165, 1.54) is 0 Å². The van der Waals surface area contributed by atoms with Gasteiger partial charge in [0.1, 0.15) is 11.6 Å². The van der Waals surface area contributed by atoms with E-state index in [0.717, 1.165) is 30.1 Å². The fourth-order valence-corrected chi connectivity index (χ4v) is 2.14. The number of aromatic nitrogens is 2. The minimum absolute atomic E-state index is 0.220. The first-order valence-corrected chi connectivity index (χ1v) is 6.75. The van der Waals surface area contributed by atoms with Crippen molar-refractivity contribution in [3.63, 3.8) is 0 Å². The van der Waals surface area contributed by atoms with Gasteiger partial charge in [-0.05, 0) is 31.0 Å². The van der Waals surface area contributed by atoms with Crippen molar-refractivity contribution < 1.29 is 4.74 Å². The Hall–Kier alpha value is -1.81. The van der Waals surface area contributed by atoms with Crippen LogP contribution < -0.4 is 10.5 Å². The van der Waals surface area contributed by atoms with E-state index in [1.54, 1.807) is 6.20 Å². The van der Waals surface area contributed by atoms with Gasteiger partial charge >= 0.3 is 0 Å². The molecule has 1 aromatic heterocycles. The largest absolute Gasteiger partial charge is 0.494 e. The van der Waals surface area contributed by atoms with Crippen molar-refractivity contribution in [3.8, 4) is 5.75 Å². The first-order chi connectivity index (χ1) is 9.26. The zero-order valence-corrected chi connectivity index (χ0v) is 11.5. The van der Waals surface area contributed by atoms with Crippen LogP contribution in [0.4, 0.5) is 0 Å². The Kier molecular flexibility index (Phi) is 4.58. The van der Waals surface area contributed by atoms with E-state index in [2.05, 4.69) is 16.5 Å². The van der Waals surface area contributed by atoms with Crippen LogP contribution in [0.2, 0.25) is 0 Å². The average molecular weight is 259 g/mol. The lowest BCUT2D eigenvalue weighted by molar-refractivity contribution is 0.339. The summed E-state index contributed by atoms with van der Waals surface area (Å²) >= 11 is 0. The highest BCUT2D eigenvalue weighted by atomic mass is 16.5. The predicted octanol–water partition coefficient (Wildman–Crippen LogP) is 2.74. The highest BCUT2D eigenvalue weighted by molar-refractivity contribution is 5.33. The van der Waals surface area contributed by atoms with E-state index in [0.29, 0.717) is 6.61 Å². The molecule has 1 heterocycles. The molecule has 4 heteroatoms. The molecule has 2 rings (SSSR count). The number of ether oxygens (including phenoxy) is 1. The predicted molar refractivity (Wildman–Crippen MR) is 76.2 cm³/mol. The molecule has 19 heavy (non-hydrogen) atoms. The summed E-state index contributed by atoms with van der Waals surface area (Å²) in [6, 6.07) is 7.69. The van der Waals surface area contributed by atoms with Crippen LogP contribution in [-0.2, 0) is 6.54 Å². The van der Waals surface area contributed by atoms with Crippen LogP contribution in [0, 0.1) is 0 Å². The Bertz CT molecular complexity index is 522. The van der Waals surface area contributed by atoms with Crippen LogP contribution in [0.3, 0.4) is 0 Å². The first kappa shape index (κ1) is 13.6. The topological polar surface area (TPSA) is 53.1 Å². The summed E-state index contributed by atoms with van der Waals surface area (Å²) in [6.07, 6.45) is 4.84. The lowest BCUT2D eigenvalue weighted by Gasteiger charge is -2.15. The molecule has 0 radical (unpaired) electrons. The summed E-state index contributed by atoms with van der Waals surface area (Å²) in [5.74, 6) is 1.75. The molecule has 1 aromatic carbocycles. The van der Waals surface area contributed by atoms with Crippen molar-refractivity contribution in [2.24, 2.45) is 5.73 Å². The van der Waals surface area contributed by atoms with Gasteiger partial charge in [0.15, 0.2) is 0 Å². The number of imidazole rings is 1. The first-order valence-electron chi connectivity index (χ1n) is 6.75. The molecule has 0 aliphatic carbocycles. The van der Waals surface area contributed by atoms with Gasteiger partial charge < -0.3 is 15.0 Å². The van der Waals surface area contributed by atoms with Crippen molar-refractivity contribution in [1.29, 1.82) is 0 Å². The van der Waals surface area contributed by atoms with E-state index >= 15 is 0 Å². The van der Waals surface area contributed by atoms with E-state index in [-0.39, 0.29) is 6.04 Å². The Morgan fingerprint density at radius 2 is 2.21 bits per heavy atom. The lowest BCUT2D eigenvalue weighted by atomic mass is 10.1. The summed E-state index contributed by atoms with van der Waals surface area (Å²) < 4.78 is 7.62. The van der Waals surface area contributed by atoms with Crippen molar-refractivity contribution in [1.82, 2.24) is 9.55 Å². The summed E-state index contributed by atoms with van der Waals surface area (Å²) in [7, 11) is 0. The maximum Gasteiger partial charge on any atom is 0.130 e. The third kappa shape index (κ3) is 3.15. The molecule has 4 nitrogen and oxygen atoms in total. The van der Waals surface area contributed by atoms with Crippen LogP contribution in [0.5, 0.6) is 5.75 Å². The maximum absolute atomic E-state index is 6.32. The van der Waals surface area contributed by atoms with Gasteiger partial charge in [-0.1, -0.05) is 19.1 Å². The molecule has 0 saturated heterocycles. The fourth-order valence-electron chi connectivity index (χ4n) is 2.14. The average Bonchev–Trinajstić information content (AvgIpc) is 2.87. The van der Waals surface area contributed by atoms with Gasteiger partial charge in [0.05, 0.1) is 12.6 Å². The molecule has 0 spiro atoms. The van der Waals surface area contributed by atoms with Crippen LogP contribution in [0.15, 0.2) is 36.7 Å². The zero-order valence-electron chi connectivity index (χ0n) is 11.5. The minimum atomic E-state index is -0.220. The summed E-state index contributed by atoms with van der Waals surface area (Å²) in [5.41, 5.74) is 7.34. The Balaban J connectivity index is 2.25. The maximum atomic E-state index is 6.32. The third-order valence-corrected chi connectivity index (χ3v) is 3.02. The zero-order chi connectivity index (χ0) is 13.7. The monoisotopic (exact) mass is 259 g/mol. The van der Waals surface area contributed by atoms with Crippen molar-refractivity contribution >= 4 is 0 Å². The standard InChI is InChI=1S/C15H21N3O/c1-3-9-18-10-8-17-15(18)14(16)12-6-5-7-13(11-12)19-4-2/h5-8,10-11,14H,3-4,9,16H2,1-2H3. The molecule has 2 N–H and O–H groups in total. The molecule has 0 saturated carbocycles. The molecule has 0 bridgehead atoms. The molecule has 102 valence electrons. The number of rotatable bonds is 6. The molecule has 0 aliphatic rings. The number of benzene rings is 1. The van der Waals surface area contributed by atoms with E-state index in [1.807, 2.05) is 37.4 Å². The molecule has 2 aromatic rings. The normalized spacial score (nSPS) is 12.4. The second kappa shape index (κ2) is 6.38. The van der Waals surface area contributed by atoms with Gasteiger partial charge in [-0.25, -0.2) is 4.98 Å². The van der Waals surface area contributed by atoms with Crippen LogP contribution in [0.1, 0.15) is 37.7 Å². The quantitative estimate of drug-likeness (QED) is 0.867. The molecule has 0 amide bonds. The van der Waals surface area contributed by atoms with E-state index in [4.69, 9.17) is 10.5 Å². The number of nitrogens with two attached hydrogens (primary N) is 1. The van der Waals surface area contributed by atoms with E-state index in [9.17, 15) is 0 Å². The molecular weight excluding hydrogens is 238 g/mol. The summed E-state index contributed by atoms with van der Waals surface area (Å²) in [6.45, 7) is 5.71. The molecule has 0 fully saturated rings. The van der Waals surface area contributed by atoms with Crippen molar-refractivity contribution in [2.75, 3.05) is 6.61 Å². The lowest BCUT2D eigenvalue weighted by Crippen LogP contribution is -2.18. The molecule has 1 unspecified atom stereocenters. The Labute approximate surface area is 114 Å². The van der Waals surface area contributed by atoms with E-state index < -0.39 is 0 Å². The summed E-state index contributed by atoms with van der Waals surface area (Å²) in [4.78, 5) is 4.38. The second-order valence-electron chi connectivity index (χ2n) is 4.46. The molecular formula is C15H21N3O. The minimum Gasteiger partial charge on any atom is -0.494 e. The van der Waals surface area contributed by atoms with Crippen LogP contribution >= 0.6 is 0 Å². The van der Waals surface area contributed by atoms with Gasteiger partial charge in [-0.3, -0.25) is 0 Å². The van der Waals surface area contributed by atoms with Crippen LogP contribution in [0.25, 0.3) is 0 Å². The van der Waals surface area contributed by atoms with Gasteiger partial charge in [0, 0.05) is 18.9 Å². The van der Waals surface area contributed by atoms with Crippen LogP contribution in [-0.4, -0.2) is 16.2 Å². The third-order valence-electron chi connectivity index (χ3n) is 3.02. The Morgan fingerprint density at radius 3 is 2.95 bits per heavy atom.